The number of nitrogens with one attached hydrogen (secondary N) is 1. The van der Waals surface area contributed by atoms with Crippen molar-refractivity contribution in [2.75, 3.05) is 0 Å². The van der Waals surface area contributed by atoms with Crippen molar-refractivity contribution in [1.29, 1.82) is 5.41 Å². The van der Waals surface area contributed by atoms with Crippen LogP contribution in [-0.4, -0.2) is 21.7 Å². The van der Waals surface area contributed by atoms with E-state index in [2.05, 4.69) is 9.83 Å². The molecule has 1 rings (SSSR count). The monoisotopic (exact) mass is 213 g/mol. The quantitative estimate of drug-likeness (QED) is 0.264. The van der Waals surface area contributed by atoms with E-state index in [1.807, 2.05) is 5.87 Å². The van der Waals surface area contributed by atoms with Gasteiger partial charge in [0, 0.05) is 17.8 Å². The van der Waals surface area contributed by atoms with Gasteiger partial charge >= 0.3 is 0 Å². The van der Waals surface area contributed by atoms with Gasteiger partial charge in [-0.3, -0.25) is 15.2 Å². The predicted molar refractivity (Wildman–Crippen MR) is 58.1 cm³/mol. The zero-order valence-corrected chi connectivity index (χ0v) is 8.14. The second kappa shape index (κ2) is 5.25. The molecule has 78 valence electrons. The van der Waals surface area contributed by atoms with Crippen LogP contribution in [0.4, 0.5) is 0 Å². The molecule has 0 unspecified atom stereocenters. The molecule has 0 radical (unpaired) electrons. The molecule has 0 aliphatic carbocycles. The zero-order chi connectivity index (χ0) is 12.0. The van der Waals surface area contributed by atoms with Gasteiger partial charge < -0.3 is 5.11 Å². The van der Waals surface area contributed by atoms with Crippen molar-refractivity contribution in [3.05, 3.63) is 53.3 Å². The molecule has 0 spiro atoms. The number of aliphatic hydroxyl groups is 1. The summed E-state index contributed by atoms with van der Waals surface area (Å²) in [5.74, 6) is 1.22. The van der Waals surface area contributed by atoms with Crippen molar-refractivity contribution in [2.24, 2.45) is 0 Å². The second-order valence-electron chi connectivity index (χ2n) is 2.73. The van der Waals surface area contributed by atoms with Gasteiger partial charge in [0.05, 0.1) is 6.57 Å². The van der Waals surface area contributed by atoms with Gasteiger partial charge in [0.25, 0.3) is 0 Å². The highest BCUT2D eigenvalue weighted by Gasteiger charge is 2.04. The summed E-state index contributed by atoms with van der Waals surface area (Å²) in [6, 6.07) is 2.87. The van der Waals surface area contributed by atoms with E-state index in [1.165, 1.54) is 18.3 Å². The van der Waals surface area contributed by atoms with Gasteiger partial charge in [-0.15, -0.1) is 0 Å². The molecule has 5 heteroatoms. The molecule has 2 N–H and O–H groups in total. The van der Waals surface area contributed by atoms with Crippen molar-refractivity contribution < 1.29 is 9.90 Å². The molecule has 1 aromatic heterocycles. The van der Waals surface area contributed by atoms with Crippen molar-refractivity contribution in [3.63, 3.8) is 0 Å². The van der Waals surface area contributed by atoms with Crippen LogP contribution >= 0.6 is 0 Å². The van der Waals surface area contributed by atoms with E-state index in [-0.39, 0.29) is 11.5 Å². The van der Waals surface area contributed by atoms with Gasteiger partial charge in [-0.1, -0.05) is 0 Å². The third kappa shape index (κ3) is 2.64. The first-order valence-electron chi connectivity index (χ1n) is 4.21. The first-order chi connectivity index (χ1) is 7.69. The molecular weight excluding hydrogens is 206 g/mol. The third-order valence-electron chi connectivity index (χ3n) is 1.70. The van der Waals surface area contributed by atoms with E-state index >= 15 is 0 Å². The minimum absolute atomic E-state index is 0.152. The lowest BCUT2D eigenvalue weighted by Crippen LogP contribution is -1.98. The Morgan fingerprint density at radius 1 is 1.62 bits per heavy atom. The van der Waals surface area contributed by atoms with Crippen molar-refractivity contribution in [1.82, 2.24) is 4.98 Å². The average molecular weight is 213 g/mol. The van der Waals surface area contributed by atoms with Crippen LogP contribution in [0.3, 0.4) is 0 Å². The van der Waals surface area contributed by atoms with Gasteiger partial charge in [0.1, 0.15) is 11.5 Å². The summed E-state index contributed by atoms with van der Waals surface area (Å²) in [7, 11) is 0. The van der Waals surface area contributed by atoms with Gasteiger partial charge in [-0.05, 0) is 18.0 Å². The molecule has 0 fully saturated rings. The third-order valence-corrected chi connectivity index (χ3v) is 1.70. The van der Waals surface area contributed by atoms with Crippen LogP contribution in [0.15, 0.2) is 30.6 Å². The molecule has 0 saturated heterocycles. The van der Waals surface area contributed by atoms with Crippen LogP contribution in [0.1, 0.15) is 16.1 Å². The van der Waals surface area contributed by atoms with E-state index < -0.39 is 5.78 Å². The number of pyridine rings is 1. The van der Waals surface area contributed by atoms with Crippen LogP contribution in [0.25, 0.3) is 10.6 Å². The maximum absolute atomic E-state index is 11.2. The molecule has 0 aliphatic rings. The minimum Gasteiger partial charge on any atom is -0.519 e. The summed E-state index contributed by atoms with van der Waals surface area (Å²) in [6.45, 7) is 6.53. The number of allylic oxidation sites excluding steroid dienone is 1. The first-order valence-corrected chi connectivity index (χ1v) is 4.21. The molecule has 5 nitrogen and oxygen atoms in total. The van der Waals surface area contributed by atoms with Crippen LogP contribution < -0.4 is 0 Å². The molecular formula is C11H7N3O2. The summed E-state index contributed by atoms with van der Waals surface area (Å²) in [6.07, 6.45) is 3.19. The number of aliphatic hydroxyl groups excluding tert-OH is 1. The van der Waals surface area contributed by atoms with Crippen LogP contribution in [-0.2, 0) is 0 Å². The SMILES string of the molecule is [C-]#[N+]/C=C(\O)c1ccc(C(=O)C=C=N)nc1. The molecule has 16 heavy (non-hydrogen) atoms. The number of hydrogen-bond donors (Lipinski definition) is 2. The molecule has 0 aliphatic heterocycles. The number of nitrogens with zero attached hydrogens (tertiary/aromatic N) is 2. The lowest BCUT2D eigenvalue weighted by atomic mass is 10.2. The lowest BCUT2D eigenvalue weighted by Gasteiger charge is -1.99. The fourth-order valence-electron chi connectivity index (χ4n) is 0.966. The van der Waals surface area contributed by atoms with E-state index in [1.54, 1.807) is 0 Å². The van der Waals surface area contributed by atoms with Crippen molar-refractivity contribution >= 4 is 17.4 Å². The highest BCUT2D eigenvalue weighted by atomic mass is 16.3. The Balaban J connectivity index is 3.01. The fourth-order valence-corrected chi connectivity index (χ4v) is 0.966. The summed E-state index contributed by atoms with van der Waals surface area (Å²) in [4.78, 5) is 17.9. The smallest absolute Gasteiger partial charge is 0.213 e. The molecule has 0 aromatic carbocycles. The van der Waals surface area contributed by atoms with Crippen molar-refractivity contribution in [3.8, 4) is 0 Å². The highest BCUT2D eigenvalue weighted by Crippen LogP contribution is 2.10. The normalized spacial score (nSPS) is 10.1. The van der Waals surface area contributed by atoms with Gasteiger partial charge in [-0.25, -0.2) is 4.85 Å². The Hall–Kier alpha value is -2.70. The predicted octanol–water partition coefficient (Wildman–Crippen LogP) is 1.84. The zero-order valence-electron chi connectivity index (χ0n) is 8.14. The van der Waals surface area contributed by atoms with E-state index in [9.17, 15) is 9.90 Å². The van der Waals surface area contributed by atoms with Crippen molar-refractivity contribution in [2.45, 2.75) is 0 Å². The molecule has 0 amide bonds. The Kier molecular flexibility index (Phi) is 3.73. The molecule has 1 heterocycles. The number of carbonyl (C=O) groups excluding carboxylic acids is 1. The number of aromatic nitrogens is 1. The summed E-state index contributed by atoms with van der Waals surface area (Å²) in [5, 5.41) is 15.9. The Morgan fingerprint density at radius 3 is 2.88 bits per heavy atom. The van der Waals surface area contributed by atoms with Gasteiger partial charge in [-0.2, -0.15) is 0 Å². The average Bonchev–Trinajstić information content (AvgIpc) is 2.30. The molecule has 0 bridgehead atoms. The maximum atomic E-state index is 11.2. The van der Waals surface area contributed by atoms with Crippen LogP contribution in [0.2, 0.25) is 0 Å². The molecule has 1 aromatic rings. The minimum atomic E-state index is -0.435. The number of hydrogen-bond acceptors (Lipinski definition) is 4. The number of ketones is 1. The molecule has 0 atom stereocenters. The van der Waals surface area contributed by atoms with Gasteiger partial charge in [0.15, 0.2) is 6.20 Å². The van der Waals surface area contributed by atoms with E-state index in [4.69, 9.17) is 12.0 Å². The van der Waals surface area contributed by atoms with E-state index in [0.717, 1.165) is 12.3 Å². The Morgan fingerprint density at radius 2 is 2.38 bits per heavy atom. The Bertz CT molecular complexity index is 517. The first kappa shape index (κ1) is 11.4. The second-order valence-corrected chi connectivity index (χ2v) is 2.73. The topological polar surface area (TPSA) is 78.4 Å². The maximum Gasteiger partial charge on any atom is 0.213 e. The van der Waals surface area contributed by atoms with Gasteiger partial charge in [0.2, 0.25) is 5.78 Å². The summed E-state index contributed by atoms with van der Waals surface area (Å²) < 4.78 is 0. The summed E-state index contributed by atoms with van der Waals surface area (Å²) >= 11 is 0. The number of rotatable bonds is 3. The molecule has 0 saturated carbocycles. The lowest BCUT2D eigenvalue weighted by molar-refractivity contribution is 0.104. The standard InChI is InChI=1S/C11H7N3O2/c1-13-7-11(16)8-2-3-9(14-6-8)10(15)4-5-12/h2-4,6-7,12,16H/b11-7-. The highest BCUT2D eigenvalue weighted by molar-refractivity contribution is 6.07. The largest absolute Gasteiger partial charge is 0.519 e. The number of carbonyl (C=O) groups is 1. The Labute approximate surface area is 91.7 Å². The van der Waals surface area contributed by atoms with Crippen LogP contribution in [0.5, 0.6) is 0 Å². The van der Waals surface area contributed by atoms with Crippen LogP contribution in [0, 0.1) is 12.0 Å². The summed E-state index contributed by atoms with van der Waals surface area (Å²) in [5.41, 5.74) is 0.505. The fraction of sp³-hybridized carbons (Fsp3) is 0. The van der Waals surface area contributed by atoms with E-state index in [0.29, 0.717) is 5.56 Å².